The van der Waals surface area contributed by atoms with Crippen LogP contribution in [0.5, 0.6) is 0 Å². The van der Waals surface area contributed by atoms with E-state index in [4.69, 9.17) is 4.52 Å². The van der Waals surface area contributed by atoms with Crippen LogP contribution in [0.15, 0.2) is 27.6 Å². The zero-order chi connectivity index (χ0) is 15.2. The summed E-state index contributed by atoms with van der Waals surface area (Å²) < 4.78 is 4.93. The van der Waals surface area contributed by atoms with Crippen molar-refractivity contribution in [3.05, 3.63) is 34.6 Å². The van der Waals surface area contributed by atoms with E-state index in [1.165, 1.54) is 13.1 Å². The number of rotatable bonds is 5. The number of carbonyl (C=O) groups excluding carboxylic acids is 2. The van der Waals surface area contributed by atoms with Gasteiger partial charge < -0.3 is 20.1 Å². The van der Waals surface area contributed by atoms with Gasteiger partial charge >= 0.3 is 0 Å². The van der Waals surface area contributed by atoms with Crippen molar-refractivity contribution >= 4 is 11.8 Å². The average molecular weight is 291 g/mol. The molecule has 0 saturated carbocycles. The van der Waals surface area contributed by atoms with E-state index in [1.54, 1.807) is 12.1 Å². The minimum absolute atomic E-state index is 0.0101. The molecule has 2 amide bonds. The molecule has 110 valence electrons. The Morgan fingerprint density at radius 3 is 2.90 bits per heavy atom. The maximum absolute atomic E-state index is 11.6. The topological polar surface area (TPSA) is 130 Å². The molecule has 2 heterocycles. The number of aromatic amines is 1. The van der Waals surface area contributed by atoms with Crippen molar-refractivity contribution in [2.75, 3.05) is 6.54 Å². The lowest BCUT2D eigenvalue weighted by Crippen LogP contribution is -2.35. The Morgan fingerprint density at radius 1 is 1.38 bits per heavy atom. The van der Waals surface area contributed by atoms with Gasteiger partial charge in [0, 0.05) is 13.1 Å². The summed E-state index contributed by atoms with van der Waals surface area (Å²) in [5, 5.41) is 8.53. The third-order valence-corrected chi connectivity index (χ3v) is 2.46. The quantitative estimate of drug-likeness (QED) is 0.659. The summed E-state index contributed by atoms with van der Waals surface area (Å²) in [5.41, 5.74) is -0.0587. The zero-order valence-electron chi connectivity index (χ0n) is 11.2. The predicted molar refractivity (Wildman–Crippen MR) is 70.9 cm³/mol. The molecule has 0 aliphatic rings. The van der Waals surface area contributed by atoms with Gasteiger partial charge in [0.15, 0.2) is 0 Å². The van der Waals surface area contributed by atoms with Gasteiger partial charge in [-0.25, -0.2) is 0 Å². The van der Waals surface area contributed by atoms with E-state index in [2.05, 4.69) is 25.8 Å². The molecule has 0 atom stereocenters. The van der Waals surface area contributed by atoms with Crippen molar-refractivity contribution < 1.29 is 14.1 Å². The molecule has 0 aliphatic heterocycles. The number of aromatic nitrogens is 3. The molecule has 0 spiro atoms. The van der Waals surface area contributed by atoms with E-state index < -0.39 is 0 Å². The van der Waals surface area contributed by atoms with Crippen molar-refractivity contribution in [1.29, 1.82) is 0 Å². The molecule has 2 aromatic rings. The molecule has 0 aliphatic carbocycles. The highest BCUT2D eigenvalue weighted by Crippen LogP contribution is 2.09. The molecule has 21 heavy (non-hydrogen) atoms. The van der Waals surface area contributed by atoms with Crippen LogP contribution in [0.3, 0.4) is 0 Å². The highest BCUT2D eigenvalue weighted by atomic mass is 16.5. The summed E-state index contributed by atoms with van der Waals surface area (Å²) in [5.74, 6) is -0.386. The van der Waals surface area contributed by atoms with Gasteiger partial charge in [-0.05, 0) is 12.1 Å². The molecule has 0 fully saturated rings. The second-order valence-corrected chi connectivity index (χ2v) is 4.11. The van der Waals surface area contributed by atoms with Crippen LogP contribution in [0.1, 0.15) is 12.8 Å². The molecule has 9 nitrogen and oxygen atoms in total. The van der Waals surface area contributed by atoms with Gasteiger partial charge in [0.05, 0.1) is 18.7 Å². The smallest absolute Gasteiger partial charge is 0.259 e. The monoisotopic (exact) mass is 291 g/mol. The Labute approximate surface area is 118 Å². The summed E-state index contributed by atoms with van der Waals surface area (Å²) in [7, 11) is 0. The molecule has 0 radical (unpaired) electrons. The minimum Gasteiger partial charge on any atom is -0.347 e. The van der Waals surface area contributed by atoms with E-state index in [-0.39, 0.29) is 47.7 Å². The summed E-state index contributed by atoms with van der Waals surface area (Å²) in [4.78, 5) is 40.1. The standard InChI is InChI=1S/C12H13N5O4/c1-7(18)14-5-9(19)15-6-10-16-11(17-21-10)8-3-2-4-13-12(8)20/h2-4H,5-6H2,1H3,(H,13,20)(H,14,18)(H,15,19). The Morgan fingerprint density at radius 2 is 2.19 bits per heavy atom. The van der Waals surface area contributed by atoms with Crippen molar-refractivity contribution in [3.63, 3.8) is 0 Å². The van der Waals surface area contributed by atoms with Crippen LogP contribution in [0.25, 0.3) is 11.4 Å². The number of nitrogens with zero attached hydrogens (tertiary/aromatic N) is 2. The van der Waals surface area contributed by atoms with Crippen LogP contribution in [0.4, 0.5) is 0 Å². The number of pyridine rings is 1. The number of H-pyrrole nitrogens is 1. The van der Waals surface area contributed by atoms with Gasteiger partial charge in [0.2, 0.25) is 23.5 Å². The molecule has 2 aromatic heterocycles. The minimum atomic E-state index is -0.387. The number of hydrogen-bond donors (Lipinski definition) is 3. The highest BCUT2D eigenvalue weighted by Gasteiger charge is 2.12. The van der Waals surface area contributed by atoms with Crippen LogP contribution >= 0.6 is 0 Å². The Kier molecular flexibility index (Phi) is 4.44. The summed E-state index contributed by atoms with van der Waals surface area (Å²) >= 11 is 0. The third kappa shape index (κ3) is 4.00. The largest absolute Gasteiger partial charge is 0.347 e. The lowest BCUT2D eigenvalue weighted by atomic mass is 10.3. The first-order chi connectivity index (χ1) is 10.1. The number of amides is 2. The molecule has 0 unspecified atom stereocenters. The first-order valence-electron chi connectivity index (χ1n) is 6.08. The first kappa shape index (κ1) is 14.4. The molecule has 9 heteroatoms. The third-order valence-electron chi connectivity index (χ3n) is 2.46. The van der Waals surface area contributed by atoms with E-state index in [0.29, 0.717) is 0 Å². The highest BCUT2D eigenvalue weighted by molar-refractivity contribution is 5.83. The van der Waals surface area contributed by atoms with Gasteiger partial charge in [-0.2, -0.15) is 4.98 Å². The molecule has 2 rings (SSSR count). The molecule has 0 aromatic carbocycles. The van der Waals surface area contributed by atoms with E-state index in [0.717, 1.165) is 0 Å². The summed E-state index contributed by atoms with van der Waals surface area (Å²) in [6.45, 7) is 1.19. The Balaban J connectivity index is 1.95. The number of carbonyl (C=O) groups is 2. The maximum Gasteiger partial charge on any atom is 0.259 e. The van der Waals surface area contributed by atoms with Gasteiger partial charge in [0.1, 0.15) is 0 Å². The molecular formula is C12H13N5O4. The van der Waals surface area contributed by atoms with Gasteiger partial charge in [0.25, 0.3) is 5.56 Å². The van der Waals surface area contributed by atoms with Crippen LogP contribution in [0, 0.1) is 0 Å². The first-order valence-corrected chi connectivity index (χ1v) is 6.08. The number of nitrogens with one attached hydrogen (secondary N) is 3. The van der Waals surface area contributed by atoms with E-state index in [9.17, 15) is 14.4 Å². The van der Waals surface area contributed by atoms with Crippen molar-refractivity contribution in [1.82, 2.24) is 25.8 Å². The molecule has 0 bridgehead atoms. The van der Waals surface area contributed by atoms with E-state index >= 15 is 0 Å². The van der Waals surface area contributed by atoms with Gasteiger partial charge in [-0.15, -0.1) is 0 Å². The van der Waals surface area contributed by atoms with Crippen LogP contribution in [-0.2, 0) is 16.1 Å². The molecular weight excluding hydrogens is 278 g/mol. The van der Waals surface area contributed by atoms with E-state index in [1.807, 2.05) is 0 Å². The lowest BCUT2D eigenvalue weighted by molar-refractivity contribution is -0.125. The normalized spacial score (nSPS) is 10.1. The fourth-order valence-electron chi connectivity index (χ4n) is 1.48. The average Bonchev–Trinajstić information content (AvgIpc) is 2.92. The maximum atomic E-state index is 11.6. The predicted octanol–water partition coefficient (Wildman–Crippen LogP) is -0.823. The fraction of sp³-hybridized carbons (Fsp3) is 0.250. The Hall–Kier alpha value is -2.97. The second-order valence-electron chi connectivity index (χ2n) is 4.11. The van der Waals surface area contributed by atoms with Crippen molar-refractivity contribution in [2.45, 2.75) is 13.5 Å². The van der Waals surface area contributed by atoms with Crippen LogP contribution < -0.4 is 16.2 Å². The van der Waals surface area contributed by atoms with Gasteiger partial charge in [-0.1, -0.05) is 5.16 Å². The second kappa shape index (κ2) is 6.46. The Bertz CT molecular complexity index is 705. The summed E-state index contributed by atoms with van der Waals surface area (Å²) in [6, 6.07) is 3.20. The summed E-state index contributed by atoms with van der Waals surface area (Å²) in [6.07, 6.45) is 1.50. The van der Waals surface area contributed by atoms with Crippen LogP contribution in [-0.4, -0.2) is 33.5 Å². The SMILES string of the molecule is CC(=O)NCC(=O)NCc1nc(-c2ccc[nH]c2=O)no1. The fourth-order valence-corrected chi connectivity index (χ4v) is 1.48. The van der Waals surface area contributed by atoms with Crippen molar-refractivity contribution in [2.24, 2.45) is 0 Å². The molecule has 3 N–H and O–H groups in total. The lowest BCUT2D eigenvalue weighted by Gasteiger charge is -2.02. The van der Waals surface area contributed by atoms with Crippen molar-refractivity contribution in [3.8, 4) is 11.4 Å². The number of hydrogen-bond acceptors (Lipinski definition) is 6. The van der Waals surface area contributed by atoms with Crippen LogP contribution in [0.2, 0.25) is 0 Å². The molecule has 0 saturated heterocycles. The zero-order valence-corrected chi connectivity index (χ0v) is 11.2. The van der Waals surface area contributed by atoms with Gasteiger partial charge in [-0.3, -0.25) is 14.4 Å².